The van der Waals surface area contributed by atoms with E-state index in [1.807, 2.05) is 40.8 Å². The molecule has 0 amide bonds. The molecule has 2 aliphatic rings. The molecule has 2 N–H and O–H groups in total. The largest absolute Gasteiger partial charge is 0.384 e. The SMILES string of the molecule is C/C(NCc1cnc(CCC(C)(F)C(C)C)c(C)c1)=C1/C(=N)C=CN=C1C(C)C(=O)C1CC1. The van der Waals surface area contributed by atoms with Crippen molar-refractivity contribution < 1.29 is 9.18 Å². The first kappa shape index (κ1) is 25.0. The number of aliphatic imine (C=N–C) groups is 1. The van der Waals surface area contributed by atoms with Crippen molar-refractivity contribution in [3.05, 3.63) is 52.6 Å². The molecule has 0 spiro atoms. The highest BCUT2D eigenvalue weighted by molar-refractivity contribution is 6.32. The van der Waals surface area contributed by atoms with Gasteiger partial charge in [-0.1, -0.05) is 19.9 Å². The molecule has 1 aromatic heterocycles. The maximum atomic E-state index is 14.6. The molecule has 2 atom stereocenters. The van der Waals surface area contributed by atoms with Crippen LogP contribution in [0.4, 0.5) is 4.39 Å². The Balaban J connectivity index is 1.69. The molecule has 0 aromatic carbocycles. The van der Waals surface area contributed by atoms with Crippen LogP contribution in [0.5, 0.6) is 0 Å². The van der Waals surface area contributed by atoms with Crippen LogP contribution in [0.25, 0.3) is 0 Å². The fourth-order valence-electron chi connectivity index (χ4n) is 4.05. The van der Waals surface area contributed by atoms with Crippen LogP contribution in [0.15, 0.2) is 40.8 Å². The summed E-state index contributed by atoms with van der Waals surface area (Å²) in [7, 11) is 0. The molecule has 178 valence electrons. The molecule has 0 radical (unpaired) electrons. The Morgan fingerprint density at radius 3 is 2.64 bits per heavy atom. The number of alkyl halides is 1. The van der Waals surface area contributed by atoms with Crippen molar-refractivity contribution in [3.63, 3.8) is 0 Å². The van der Waals surface area contributed by atoms with Crippen molar-refractivity contribution >= 4 is 17.2 Å². The van der Waals surface area contributed by atoms with Crippen LogP contribution in [0.2, 0.25) is 0 Å². The maximum absolute atomic E-state index is 14.6. The number of rotatable bonds is 10. The Morgan fingerprint density at radius 2 is 2.03 bits per heavy atom. The van der Waals surface area contributed by atoms with Crippen LogP contribution in [0, 0.1) is 30.1 Å². The number of hydrogen-bond acceptors (Lipinski definition) is 5. The Kier molecular flexibility index (Phi) is 7.65. The first-order valence-electron chi connectivity index (χ1n) is 12.0. The number of aryl methyl sites for hydroxylation is 2. The van der Waals surface area contributed by atoms with Gasteiger partial charge in [0.05, 0.1) is 17.3 Å². The summed E-state index contributed by atoms with van der Waals surface area (Å²) in [5, 5.41) is 11.8. The number of ketones is 1. The van der Waals surface area contributed by atoms with Crippen LogP contribution in [-0.2, 0) is 17.8 Å². The van der Waals surface area contributed by atoms with Crippen LogP contribution in [0.3, 0.4) is 0 Å². The second kappa shape index (κ2) is 10.1. The normalized spacial score (nSPS) is 20.4. The van der Waals surface area contributed by atoms with E-state index in [0.29, 0.717) is 36.4 Å². The standard InChI is InChI=1S/C27H37FN4O/c1-16(2)27(6,28)11-9-23-17(3)13-20(15-32-23)14-31-19(5)24-22(29)10-12-30-25(24)18(4)26(33)21-7-8-21/h10,12-13,15-16,18,21,29,31H,7-9,11,14H2,1-6H3/b24-19+,29-22?. The lowest BCUT2D eigenvalue weighted by Crippen LogP contribution is -2.30. The van der Waals surface area contributed by atoms with E-state index in [0.717, 1.165) is 35.4 Å². The van der Waals surface area contributed by atoms with Gasteiger partial charge in [0.2, 0.25) is 0 Å². The van der Waals surface area contributed by atoms with Gasteiger partial charge in [-0.05, 0) is 76.5 Å². The molecule has 1 aromatic rings. The first-order chi connectivity index (χ1) is 15.5. The van der Waals surface area contributed by atoms with Gasteiger partial charge in [0.1, 0.15) is 11.5 Å². The van der Waals surface area contributed by atoms with Gasteiger partial charge in [0.25, 0.3) is 0 Å². The predicted molar refractivity (Wildman–Crippen MR) is 132 cm³/mol. The third kappa shape index (κ3) is 6.04. The molecular weight excluding hydrogens is 415 g/mol. The minimum atomic E-state index is -1.20. The van der Waals surface area contributed by atoms with Crippen LogP contribution in [-0.4, -0.2) is 27.9 Å². The molecular formula is C27H37FN4O. The summed E-state index contributed by atoms with van der Waals surface area (Å²) in [6, 6.07) is 2.08. The zero-order valence-electron chi connectivity index (χ0n) is 20.8. The molecule has 0 saturated heterocycles. The summed E-state index contributed by atoms with van der Waals surface area (Å²) < 4.78 is 14.6. The van der Waals surface area contributed by atoms with E-state index in [9.17, 15) is 9.18 Å². The van der Waals surface area contributed by atoms with Crippen LogP contribution < -0.4 is 5.32 Å². The Labute approximate surface area is 197 Å². The Hall–Kier alpha value is -2.63. The number of aromatic nitrogens is 1. The Morgan fingerprint density at radius 1 is 1.33 bits per heavy atom. The molecule has 5 nitrogen and oxygen atoms in total. The number of carbonyl (C=O) groups excluding carboxylic acids is 1. The molecule has 2 unspecified atom stereocenters. The zero-order chi connectivity index (χ0) is 24.3. The summed E-state index contributed by atoms with van der Waals surface area (Å²) >= 11 is 0. The fraction of sp³-hybridized carbons (Fsp3) is 0.556. The summed E-state index contributed by atoms with van der Waals surface area (Å²) in [6.45, 7) is 11.9. The van der Waals surface area contributed by atoms with E-state index < -0.39 is 5.67 Å². The molecule has 2 heterocycles. The lowest BCUT2D eigenvalue weighted by atomic mass is 9.87. The molecule has 1 fully saturated rings. The smallest absolute Gasteiger partial charge is 0.144 e. The van der Waals surface area contributed by atoms with E-state index in [4.69, 9.17) is 5.41 Å². The second-order valence-electron chi connectivity index (χ2n) is 10.0. The summed E-state index contributed by atoms with van der Waals surface area (Å²) in [4.78, 5) is 21.7. The second-order valence-corrected chi connectivity index (χ2v) is 10.0. The lowest BCUT2D eigenvalue weighted by Gasteiger charge is -2.24. The summed E-state index contributed by atoms with van der Waals surface area (Å²) in [5.74, 6) is 0.0335. The van der Waals surface area contributed by atoms with Gasteiger partial charge < -0.3 is 10.7 Å². The average molecular weight is 453 g/mol. The number of halogens is 1. The van der Waals surface area contributed by atoms with Gasteiger partial charge in [-0.3, -0.25) is 14.8 Å². The fourth-order valence-corrected chi connectivity index (χ4v) is 4.05. The van der Waals surface area contributed by atoms with Crippen molar-refractivity contribution in [1.29, 1.82) is 5.41 Å². The molecule has 6 heteroatoms. The third-order valence-corrected chi connectivity index (χ3v) is 7.03. The number of nitrogens with one attached hydrogen (secondary N) is 2. The van der Waals surface area contributed by atoms with Crippen molar-refractivity contribution in [1.82, 2.24) is 10.3 Å². The van der Waals surface area contributed by atoms with Crippen molar-refractivity contribution in [3.8, 4) is 0 Å². The van der Waals surface area contributed by atoms with Gasteiger partial charge in [0, 0.05) is 41.8 Å². The van der Waals surface area contributed by atoms with E-state index >= 15 is 0 Å². The molecule has 1 aliphatic heterocycles. The summed E-state index contributed by atoms with van der Waals surface area (Å²) in [5.41, 5.74) is 4.37. The minimum absolute atomic E-state index is 0.0265. The van der Waals surface area contributed by atoms with Gasteiger partial charge in [-0.15, -0.1) is 0 Å². The van der Waals surface area contributed by atoms with Crippen LogP contribution in [0.1, 0.15) is 70.7 Å². The highest BCUT2D eigenvalue weighted by Gasteiger charge is 2.36. The molecule has 1 saturated carbocycles. The Bertz CT molecular complexity index is 1010. The van der Waals surface area contributed by atoms with Gasteiger partial charge in [-0.25, -0.2) is 4.39 Å². The quantitative estimate of drug-likeness (QED) is 0.480. The first-order valence-corrected chi connectivity index (χ1v) is 12.0. The number of hydrogen-bond donors (Lipinski definition) is 2. The van der Waals surface area contributed by atoms with E-state index in [1.165, 1.54) is 0 Å². The van der Waals surface area contributed by atoms with Gasteiger partial charge >= 0.3 is 0 Å². The van der Waals surface area contributed by atoms with Crippen molar-refractivity contribution in [2.45, 2.75) is 79.4 Å². The topological polar surface area (TPSA) is 78.2 Å². The van der Waals surface area contributed by atoms with E-state index in [-0.39, 0.29) is 23.5 Å². The highest BCUT2D eigenvalue weighted by atomic mass is 19.1. The molecule has 33 heavy (non-hydrogen) atoms. The minimum Gasteiger partial charge on any atom is -0.384 e. The number of Topliss-reactive ketones (excluding diaryl/α,β-unsaturated/α-hetero) is 1. The van der Waals surface area contributed by atoms with E-state index in [2.05, 4.69) is 21.4 Å². The zero-order valence-corrected chi connectivity index (χ0v) is 20.8. The monoisotopic (exact) mass is 452 g/mol. The molecule has 1 aliphatic carbocycles. The highest BCUT2D eigenvalue weighted by Crippen LogP contribution is 2.34. The average Bonchev–Trinajstić information content (AvgIpc) is 3.61. The number of allylic oxidation sites excluding steroid dienone is 3. The third-order valence-electron chi connectivity index (χ3n) is 7.03. The van der Waals surface area contributed by atoms with Gasteiger partial charge in [-0.2, -0.15) is 0 Å². The lowest BCUT2D eigenvalue weighted by molar-refractivity contribution is -0.121. The van der Waals surface area contributed by atoms with E-state index in [1.54, 1.807) is 19.2 Å². The summed E-state index contributed by atoms with van der Waals surface area (Å²) in [6.07, 6.45) is 8.10. The molecule has 0 bridgehead atoms. The van der Waals surface area contributed by atoms with Crippen molar-refractivity contribution in [2.24, 2.45) is 22.7 Å². The van der Waals surface area contributed by atoms with Crippen LogP contribution >= 0.6 is 0 Å². The molecule has 3 rings (SSSR count). The number of nitrogens with zero attached hydrogens (tertiary/aromatic N) is 2. The predicted octanol–water partition coefficient (Wildman–Crippen LogP) is 5.67. The van der Waals surface area contributed by atoms with Crippen molar-refractivity contribution in [2.75, 3.05) is 0 Å². The number of pyridine rings is 1. The van der Waals surface area contributed by atoms with Gasteiger partial charge in [0.15, 0.2) is 0 Å². The maximum Gasteiger partial charge on any atom is 0.144 e. The number of carbonyl (C=O) groups is 1.